The van der Waals surface area contributed by atoms with Crippen LogP contribution in [0.5, 0.6) is 0 Å². The molecule has 0 spiro atoms. The molecule has 5 heteroatoms. The van der Waals surface area contributed by atoms with Crippen molar-refractivity contribution < 1.29 is 9.90 Å². The van der Waals surface area contributed by atoms with E-state index in [9.17, 15) is 9.90 Å². The summed E-state index contributed by atoms with van der Waals surface area (Å²) >= 11 is 1.23. The molecule has 1 aromatic heterocycles. The molecule has 0 atom stereocenters. The minimum absolute atomic E-state index is 0.328. The molecule has 76 valence electrons. The van der Waals surface area contributed by atoms with Gasteiger partial charge in [-0.1, -0.05) is 30.3 Å². The SMILES string of the molecule is O=C([O-])Nc1nc(-c2ccccc2)cs1. The molecular formula is C10H7N2O2S-. The number of carboxylic acid groups (broad SMARTS) is 1. The van der Waals surface area contributed by atoms with Crippen molar-refractivity contribution in [2.24, 2.45) is 0 Å². The van der Waals surface area contributed by atoms with E-state index in [1.54, 1.807) is 5.38 Å². The number of hydrogen-bond donors (Lipinski definition) is 1. The van der Waals surface area contributed by atoms with E-state index in [-0.39, 0.29) is 0 Å². The summed E-state index contributed by atoms with van der Waals surface area (Å²) in [4.78, 5) is 14.4. The molecule has 0 aliphatic rings. The van der Waals surface area contributed by atoms with E-state index >= 15 is 0 Å². The maximum atomic E-state index is 10.3. The van der Waals surface area contributed by atoms with Crippen LogP contribution >= 0.6 is 11.3 Å². The lowest BCUT2D eigenvalue weighted by atomic mass is 10.2. The number of thiazole rings is 1. The first kappa shape index (κ1) is 9.67. The minimum atomic E-state index is -1.34. The summed E-state index contributed by atoms with van der Waals surface area (Å²) in [5.74, 6) is 0. The van der Waals surface area contributed by atoms with Crippen molar-refractivity contribution in [3.8, 4) is 11.3 Å². The predicted molar refractivity (Wildman–Crippen MR) is 56.6 cm³/mol. The maximum absolute atomic E-state index is 10.3. The average Bonchev–Trinajstić information content (AvgIpc) is 2.67. The van der Waals surface area contributed by atoms with Crippen molar-refractivity contribution >= 4 is 22.6 Å². The van der Waals surface area contributed by atoms with Gasteiger partial charge in [0.15, 0.2) is 5.13 Å². The third-order valence-electron chi connectivity index (χ3n) is 1.78. The van der Waals surface area contributed by atoms with Crippen LogP contribution in [0.2, 0.25) is 0 Å². The Hall–Kier alpha value is -1.88. The highest BCUT2D eigenvalue weighted by molar-refractivity contribution is 7.14. The van der Waals surface area contributed by atoms with Crippen LogP contribution in [0.1, 0.15) is 0 Å². The molecular weight excluding hydrogens is 212 g/mol. The smallest absolute Gasteiger partial charge is 0.188 e. The van der Waals surface area contributed by atoms with Crippen LogP contribution in [0.15, 0.2) is 35.7 Å². The van der Waals surface area contributed by atoms with E-state index in [1.807, 2.05) is 30.3 Å². The Labute approximate surface area is 90.2 Å². The first-order chi connectivity index (χ1) is 7.25. The van der Waals surface area contributed by atoms with Crippen molar-refractivity contribution in [3.05, 3.63) is 35.7 Å². The lowest BCUT2D eigenvalue weighted by Gasteiger charge is -2.00. The highest BCUT2D eigenvalue weighted by Gasteiger charge is 2.02. The number of nitrogens with one attached hydrogen (secondary N) is 1. The first-order valence-electron chi connectivity index (χ1n) is 4.24. The predicted octanol–water partition coefficient (Wildman–Crippen LogP) is 1.57. The molecule has 1 amide bonds. The fourth-order valence-corrected chi connectivity index (χ4v) is 1.87. The van der Waals surface area contributed by atoms with Gasteiger partial charge in [-0.25, -0.2) is 4.98 Å². The molecule has 0 radical (unpaired) electrons. The number of amides is 1. The summed E-state index contributed by atoms with van der Waals surface area (Å²) in [5.41, 5.74) is 1.71. The molecule has 1 N–H and O–H groups in total. The fourth-order valence-electron chi connectivity index (χ4n) is 1.16. The van der Waals surface area contributed by atoms with Crippen LogP contribution in [0, 0.1) is 0 Å². The minimum Gasteiger partial charge on any atom is -0.530 e. The summed E-state index contributed by atoms with van der Waals surface area (Å²) in [5, 5.41) is 14.5. The second-order valence-corrected chi connectivity index (χ2v) is 3.67. The van der Waals surface area contributed by atoms with Crippen LogP contribution in [0.4, 0.5) is 9.93 Å². The highest BCUT2D eigenvalue weighted by Crippen LogP contribution is 2.24. The van der Waals surface area contributed by atoms with E-state index in [0.29, 0.717) is 5.13 Å². The lowest BCUT2D eigenvalue weighted by molar-refractivity contribution is -0.242. The normalized spacial score (nSPS) is 9.87. The van der Waals surface area contributed by atoms with E-state index in [4.69, 9.17) is 0 Å². The standard InChI is InChI=1S/C10H8N2O2S/c13-10(14)12-9-11-8(6-15-9)7-4-2-1-3-5-7/h1-6H,(H,11,12)(H,13,14)/p-1. The molecule has 2 rings (SSSR count). The molecule has 15 heavy (non-hydrogen) atoms. The van der Waals surface area contributed by atoms with Crippen LogP contribution in [-0.4, -0.2) is 11.1 Å². The van der Waals surface area contributed by atoms with Gasteiger partial charge >= 0.3 is 0 Å². The average molecular weight is 219 g/mol. The Morgan fingerprint density at radius 1 is 1.33 bits per heavy atom. The first-order valence-corrected chi connectivity index (χ1v) is 5.12. The van der Waals surface area contributed by atoms with Gasteiger partial charge in [-0.05, 0) is 0 Å². The molecule has 0 unspecified atom stereocenters. The van der Waals surface area contributed by atoms with Crippen molar-refractivity contribution in [1.82, 2.24) is 4.98 Å². The number of carbonyl (C=O) groups excluding carboxylic acids is 1. The summed E-state index contributed by atoms with van der Waals surface area (Å²) in [6.07, 6.45) is -1.34. The van der Waals surface area contributed by atoms with Gasteiger partial charge in [-0.15, -0.1) is 11.3 Å². The van der Waals surface area contributed by atoms with Crippen LogP contribution in [-0.2, 0) is 0 Å². The second-order valence-electron chi connectivity index (χ2n) is 2.82. The second kappa shape index (κ2) is 4.10. The number of rotatable bonds is 2. The molecule has 0 aliphatic heterocycles. The molecule has 2 aromatic rings. The van der Waals surface area contributed by atoms with Crippen molar-refractivity contribution in [2.75, 3.05) is 5.32 Å². The summed E-state index contributed by atoms with van der Waals surface area (Å²) in [7, 11) is 0. The van der Waals surface area contributed by atoms with Gasteiger partial charge < -0.3 is 15.2 Å². The zero-order valence-corrected chi connectivity index (χ0v) is 8.45. The fraction of sp³-hybridized carbons (Fsp3) is 0. The highest BCUT2D eigenvalue weighted by atomic mass is 32.1. The van der Waals surface area contributed by atoms with Crippen LogP contribution in [0.25, 0.3) is 11.3 Å². The molecule has 0 saturated carbocycles. The third-order valence-corrected chi connectivity index (χ3v) is 2.54. The van der Waals surface area contributed by atoms with Gasteiger partial charge in [0, 0.05) is 10.9 Å². The largest absolute Gasteiger partial charge is 0.530 e. The summed E-state index contributed by atoms with van der Waals surface area (Å²) < 4.78 is 0. The third kappa shape index (κ3) is 2.32. The summed E-state index contributed by atoms with van der Waals surface area (Å²) in [6, 6.07) is 9.55. The number of hydrogen-bond acceptors (Lipinski definition) is 4. The number of aromatic nitrogens is 1. The zero-order valence-electron chi connectivity index (χ0n) is 7.64. The Bertz CT molecular complexity index is 467. The molecule has 1 aromatic carbocycles. The molecule has 0 saturated heterocycles. The Kier molecular flexibility index (Phi) is 2.64. The van der Waals surface area contributed by atoms with Gasteiger partial charge in [0.2, 0.25) is 0 Å². The Morgan fingerprint density at radius 2 is 2.07 bits per heavy atom. The quantitative estimate of drug-likeness (QED) is 0.833. The maximum Gasteiger partial charge on any atom is 0.188 e. The van der Waals surface area contributed by atoms with Crippen molar-refractivity contribution in [3.63, 3.8) is 0 Å². The molecule has 0 bridgehead atoms. The van der Waals surface area contributed by atoms with E-state index < -0.39 is 6.09 Å². The van der Waals surface area contributed by atoms with E-state index in [1.165, 1.54) is 11.3 Å². The Morgan fingerprint density at radius 3 is 2.73 bits per heavy atom. The van der Waals surface area contributed by atoms with Gasteiger partial charge in [0.25, 0.3) is 0 Å². The van der Waals surface area contributed by atoms with E-state index in [2.05, 4.69) is 10.3 Å². The number of anilines is 1. The zero-order chi connectivity index (χ0) is 10.7. The van der Waals surface area contributed by atoms with Crippen LogP contribution in [0.3, 0.4) is 0 Å². The molecule has 0 aliphatic carbocycles. The topological polar surface area (TPSA) is 65.0 Å². The van der Waals surface area contributed by atoms with E-state index in [0.717, 1.165) is 11.3 Å². The van der Waals surface area contributed by atoms with Gasteiger partial charge in [-0.2, -0.15) is 0 Å². The number of benzene rings is 1. The number of nitrogens with zero attached hydrogens (tertiary/aromatic N) is 1. The molecule has 0 fully saturated rings. The lowest BCUT2D eigenvalue weighted by Crippen LogP contribution is -2.28. The van der Waals surface area contributed by atoms with Crippen molar-refractivity contribution in [1.29, 1.82) is 0 Å². The number of carbonyl (C=O) groups is 1. The van der Waals surface area contributed by atoms with Crippen molar-refractivity contribution in [2.45, 2.75) is 0 Å². The monoisotopic (exact) mass is 219 g/mol. The van der Waals surface area contributed by atoms with Crippen LogP contribution < -0.4 is 10.4 Å². The van der Waals surface area contributed by atoms with Gasteiger partial charge in [0.05, 0.1) is 5.69 Å². The molecule has 1 heterocycles. The Balaban J connectivity index is 2.24. The van der Waals surface area contributed by atoms with Gasteiger partial charge in [0.1, 0.15) is 6.09 Å². The molecule has 4 nitrogen and oxygen atoms in total. The van der Waals surface area contributed by atoms with Gasteiger partial charge in [-0.3, -0.25) is 0 Å². The summed E-state index contributed by atoms with van der Waals surface area (Å²) in [6.45, 7) is 0.